The molecular formula is C7H9N3O3. The summed E-state index contributed by atoms with van der Waals surface area (Å²) in [5, 5.41) is 24.9. The van der Waals surface area contributed by atoms with Gasteiger partial charge in [-0.05, 0) is 0 Å². The van der Waals surface area contributed by atoms with Crippen molar-refractivity contribution in [1.29, 1.82) is 10.5 Å². The highest BCUT2D eigenvalue weighted by atomic mass is 16.6. The van der Waals surface area contributed by atoms with Crippen molar-refractivity contribution in [3.05, 3.63) is 0 Å². The van der Waals surface area contributed by atoms with E-state index in [1.807, 2.05) is 0 Å². The minimum absolute atomic E-state index is 0.133. The molecule has 0 saturated heterocycles. The predicted octanol–water partition coefficient (Wildman–Crippen LogP) is -0.536. The van der Waals surface area contributed by atoms with Crippen LogP contribution < -0.4 is 0 Å². The number of amides is 1. The van der Waals surface area contributed by atoms with Gasteiger partial charge in [0.15, 0.2) is 0 Å². The van der Waals surface area contributed by atoms with Crippen LogP contribution in [0.4, 0.5) is 4.79 Å². The van der Waals surface area contributed by atoms with Crippen molar-refractivity contribution in [1.82, 2.24) is 4.90 Å². The van der Waals surface area contributed by atoms with E-state index in [0.29, 0.717) is 0 Å². The van der Waals surface area contributed by atoms with Gasteiger partial charge in [0.05, 0.1) is 18.7 Å². The lowest BCUT2D eigenvalue weighted by atomic mass is 10.5. The Balaban J connectivity index is 3.98. The van der Waals surface area contributed by atoms with E-state index in [2.05, 4.69) is 4.74 Å². The van der Waals surface area contributed by atoms with Gasteiger partial charge >= 0.3 is 6.09 Å². The molecule has 1 amide bonds. The van der Waals surface area contributed by atoms with Crippen molar-refractivity contribution in [3.8, 4) is 12.1 Å². The van der Waals surface area contributed by atoms with Crippen molar-refractivity contribution in [2.24, 2.45) is 0 Å². The van der Waals surface area contributed by atoms with E-state index in [0.717, 1.165) is 4.90 Å². The second-order valence-corrected chi connectivity index (χ2v) is 2.01. The third-order valence-electron chi connectivity index (χ3n) is 1.10. The maximum atomic E-state index is 11.0. The molecule has 0 aromatic heterocycles. The second kappa shape index (κ2) is 6.89. The second-order valence-electron chi connectivity index (χ2n) is 2.01. The molecule has 0 unspecified atom stereocenters. The summed E-state index contributed by atoms with van der Waals surface area (Å²) in [6.45, 7) is -0.805. The van der Waals surface area contributed by atoms with E-state index in [1.54, 1.807) is 12.1 Å². The Morgan fingerprint density at radius 3 is 2.31 bits per heavy atom. The number of carbonyl (C=O) groups is 1. The van der Waals surface area contributed by atoms with Gasteiger partial charge in [-0.1, -0.05) is 0 Å². The van der Waals surface area contributed by atoms with Crippen molar-refractivity contribution in [2.45, 2.75) is 0 Å². The molecule has 0 aliphatic rings. The topological polar surface area (TPSA) is 97.4 Å². The molecule has 1 N–H and O–H groups in total. The van der Waals surface area contributed by atoms with Crippen LogP contribution in [0.15, 0.2) is 0 Å². The van der Waals surface area contributed by atoms with Crippen molar-refractivity contribution in [2.75, 3.05) is 26.3 Å². The van der Waals surface area contributed by atoms with Gasteiger partial charge in [-0.15, -0.1) is 0 Å². The lowest BCUT2D eigenvalue weighted by Gasteiger charge is -2.14. The molecule has 0 atom stereocenters. The Bertz CT molecular complexity index is 224. The number of hydrogen-bond acceptors (Lipinski definition) is 5. The average molecular weight is 183 g/mol. The normalized spacial score (nSPS) is 8.23. The molecule has 0 aromatic carbocycles. The van der Waals surface area contributed by atoms with Crippen molar-refractivity contribution >= 4 is 6.09 Å². The summed E-state index contributed by atoms with van der Waals surface area (Å²) in [7, 11) is 0. The molecule has 0 rings (SSSR count). The van der Waals surface area contributed by atoms with E-state index in [1.165, 1.54) is 0 Å². The number of nitrogens with zero attached hydrogens (tertiary/aromatic N) is 3. The number of carbonyl (C=O) groups excluding carboxylic acids is 1. The van der Waals surface area contributed by atoms with Gasteiger partial charge in [-0.3, -0.25) is 4.90 Å². The van der Waals surface area contributed by atoms with Crippen molar-refractivity contribution < 1.29 is 14.6 Å². The number of aliphatic hydroxyl groups is 1. The summed E-state index contributed by atoms with van der Waals surface area (Å²) in [5.41, 5.74) is 0. The predicted molar refractivity (Wildman–Crippen MR) is 41.2 cm³/mol. The van der Waals surface area contributed by atoms with Gasteiger partial charge in [-0.25, -0.2) is 4.79 Å². The van der Waals surface area contributed by atoms with Crippen LogP contribution in [0.5, 0.6) is 0 Å². The number of aliphatic hydroxyl groups excluding tert-OH is 1. The Hall–Kier alpha value is -1.79. The molecular weight excluding hydrogens is 174 g/mol. The highest BCUT2D eigenvalue weighted by Crippen LogP contribution is 1.92. The summed E-state index contributed by atoms with van der Waals surface area (Å²) in [4.78, 5) is 11.9. The summed E-state index contributed by atoms with van der Waals surface area (Å²) < 4.78 is 4.49. The molecule has 6 nitrogen and oxygen atoms in total. The molecule has 70 valence electrons. The average Bonchev–Trinajstić information content (AvgIpc) is 2.14. The Kier molecular flexibility index (Phi) is 5.94. The monoisotopic (exact) mass is 183 g/mol. The number of rotatable bonds is 4. The Morgan fingerprint density at radius 2 is 1.92 bits per heavy atom. The fourth-order valence-electron chi connectivity index (χ4n) is 0.580. The van der Waals surface area contributed by atoms with Crippen molar-refractivity contribution in [3.63, 3.8) is 0 Å². The van der Waals surface area contributed by atoms with Crippen LogP contribution in [-0.2, 0) is 4.74 Å². The van der Waals surface area contributed by atoms with Crippen LogP contribution in [0.2, 0.25) is 0 Å². The van der Waals surface area contributed by atoms with Crippen LogP contribution in [0, 0.1) is 22.7 Å². The zero-order valence-electron chi connectivity index (χ0n) is 6.93. The molecule has 0 aliphatic carbocycles. The molecule has 13 heavy (non-hydrogen) atoms. The first-order valence-electron chi connectivity index (χ1n) is 3.52. The van der Waals surface area contributed by atoms with Crippen LogP contribution in [0.1, 0.15) is 0 Å². The van der Waals surface area contributed by atoms with Gasteiger partial charge in [0.1, 0.15) is 19.7 Å². The Labute approximate surface area is 75.5 Å². The lowest BCUT2D eigenvalue weighted by Crippen LogP contribution is -2.32. The molecule has 0 bridgehead atoms. The van der Waals surface area contributed by atoms with Crippen LogP contribution in [0.3, 0.4) is 0 Å². The molecule has 6 heteroatoms. The molecule has 0 saturated carbocycles. The first-order chi connectivity index (χ1) is 6.26. The largest absolute Gasteiger partial charge is 0.447 e. The quantitative estimate of drug-likeness (QED) is 0.590. The maximum absolute atomic E-state index is 11.0. The zero-order chi connectivity index (χ0) is 10.1. The van der Waals surface area contributed by atoms with Crippen LogP contribution >= 0.6 is 0 Å². The number of ether oxygens (including phenoxy) is 1. The summed E-state index contributed by atoms with van der Waals surface area (Å²) in [6, 6.07) is 3.44. The standard InChI is InChI=1S/C7H9N3O3/c8-1-3-10(4-2-9)7(12)13-6-5-11/h11H,3-6H2. The van der Waals surface area contributed by atoms with Crippen LogP contribution in [-0.4, -0.2) is 42.4 Å². The summed E-state index contributed by atoms with van der Waals surface area (Å²) in [6.07, 6.45) is -0.767. The third kappa shape index (κ3) is 4.62. The van der Waals surface area contributed by atoms with Gasteiger partial charge in [0.25, 0.3) is 0 Å². The minimum atomic E-state index is -0.767. The zero-order valence-corrected chi connectivity index (χ0v) is 6.93. The van der Waals surface area contributed by atoms with Gasteiger partial charge in [0.2, 0.25) is 0 Å². The molecule has 0 radical (unpaired) electrons. The van der Waals surface area contributed by atoms with E-state index in [-0.39, 0.29) is 26.3 Å². The fraction of sp³-hybridized carbons (Fsp3) is 0.571. The molecule has 0 heterocycles. The van der Waals surface area contributed by atoms with E-state index < -0.39 is 6.09 Å². The lowest BCUT2D eigenvalue weighted by molar-refractivity contribution is 0.0910. The van der Waals surface area contributed by atoms with Gasteiger partial charge < -0.3 is 9.84 Å². The molecule has 0 aliphatic heterocycles. The SMILES string of the molecule is N#CCN(CC#N)C(=O)OCCO. The number of nitriles is 2. The van der Waals surface area contributed by atoms with E-state index in [9.17, 15) is 4.79 Å². The molecule has 0 aromatic rings. The van der Waals surface area contributed by atoms with Crippen LogP contribution in [0.25, 0.3) is 0 Å². The molecule has 0 fully saturated rings. The number of hydrogen-bond donors (Lipinski definition) is 1. The minimum Gasteiger partial charge on any atom is -0.447 e. The Morgan fingerprint density at radius 1 is 1.38 bits per heavy atom. The molecule has 0 spiro atoms. The third-order valence-corrected chi connectivity index (χ3v) is 1.10. The first kappa shape index (κ1) is 11.2. The van der Waals surface area contributed by atoms with Gasteiger partial charge in [-0.2, -0.15) is 10.5 Å². The highest BCUT2D eigenvalue weighted by Gasteiger charge is 2.13. The smallest absolute Gasteiger partial charge is 0.411 e. The van der Waals surface area contributed by atoms with E-state index >= 15 is 0 Å². The maximum Gasteiger partial charge on any atom is 0.411 e. The van der Waals surface area contributed by atoms with Gasteiger partial charge in [0, 0.05) is 0 Å². The fourth-order valence-corrected chi connectivity index (χ4v) is 0.580. The highest BCUT2D eigenvalue weighted by molar-refractivity contribution is 5.68. The van der Waals surface area contributed by atoms with E-state index in [4.69, 9.17) is 15.6 Å². The summed E-state index contributed by atoms with van der Waals surface area (Å²) in [5.74, 6) is 0. The summed E-state index contributed by atoms with van der Waals surface area (Å²) >= 11 is 0. The first-order valence-corrected chi connectivity index (χ1v) is 3.52.